The smallest absolute Gasteiger partial charge is 0.305 e. The maximum Gasteiger partial charge on any atom is 0.305 e. The van der Waals surface area contributed by atoms with Crippen LogP contribution in [0, 0.1) is 16.0 Å². The summed E-state index contributed by atoms with van der Waals surface area (Å²) in [7, 11) is 0. The molecule has 0 aromatic heterocycles. The first-order valence-corrected chi connectivity index (χ1v) is 5.95. The lowest BCUT2D eigenvalue weighted by molar-refractivity contribution is -0.757. The zero-order valence-electron chi connectivity index (χ0n) is 10.5. The molecule has 0 rings (SSSR count). The molecule has 0 aliphatic rings. The van der Waals surface area contributed by atoms with E-state index in [4.69, 9.17) is 4.74 Å². The summed E-state index contributed by atoms with van der Waals surface area (Å²) < 4.78 is 5.01. The molecule has 0 aliphatic heterocycles. The second-order valence-electron chi connectivity index (χ2n) is 4.27. The zero-order chi connectivity index (χ0) is 13.1. The quantitative estimate of drug-likeness (QED) is 0.256. The highest BCUT2D eigenvalue weighted by molar-refractivity contribution is 5.69. The third-order valence-corrected chi connectivity index (χ3v) is 2.16. The molecule has 0 atom stereocenters. The summed E-state index contributed by atoms with van der Waals surface area (Å²) in [5.41, 5.74) is 0. The molecule has 0 N–H and O–H groups in total. The molecular formula is C11H21NO5. The molecule has 6 heteroatoms. The third-order valence-electron chi connectivity index (χ3n) is 2.16. The van der Waals surface area contributed by atoms with Crippen LogP contribution in [0.5, 0.6) is 0 Å². The van der Waals surface area contributed by atoms with Gasteiger partial charge in [-0.25, -0.2) is 0 Å². The second-order valence-corrected chi connectivity index (χ2v) is 4.27. The molecule has 0 aliphatic carbocycles. The van der Waals surface area contributed by atoms with Crippen LogP contribution in [0.4, 0.5) is 0 Å². The van der Waals surface area contributed by atoms with E-state index in [0.717, 1.165) is 12.8 Å². The van der Waals surface area contributed by atoms with Crippen LogP contribution in [0.2, 0.25) is 0 Å². The highest BCUT2D eigenvalue weighted by Crippen LogP contribution is 2.04. The van der Waals surface area contributed by atoms with Crippen molar-refractivity contribution in [3.8, 4) is 0 Å². The molecule has 0 aromatic rings. The van der Waals surface area contributed by atoms with Crippen molar-refractivity contribution in [2.24, 2.45) is 5.92 Å². The van der Waals surface area contributed by atoms with Gasteiger partial charge < -0.3 is 9.57 Å². The first-order valence-electron chi connectivity index (χ1n) is 5.95. The summed E-state index contributed by atoms with van der Waals surface area (Å²) in [6.45, 7) is 4.74. The van der Waals surface area contributed by atoms with Crippen LogP contribution in [-0.4, -0.2) is 24.3 Å². The lowest BCUT2D eigenvalue weighted by atomic mass is 10.1. The first-order chi connectivity index (χ1) is 8.02. The van der Waals surface area contributed by atoms with Gasteiger partial charge in [0.2, 0.25) is 0 Å². The maximum absolute atomic E-state index is 11.2. The maximum atomic E-state index is 11.2. The highest BCUT2D eigenvalue weighted by Gasteiger charge is 2.03. The van der Waals surface area contributed by atoms with Crippen LogP contribution >= 0.6 is 0 Å². The molecule has 0 aromatic carbocycles. The summed E-state index contributed by atoms with van der Waals surface area (Å²) in [5, 5.41) is 8.99. The molecule has 0 heterocycles. The van der Waals surface area contributed by atoms with Gasteiger partial charge in [-0.2, -0.15) is 0 Å². The predicted molar refractivity (Wildman–Crippen MR) is 61.8 cm³/mol. The van der Waals surface area contributed by atoms with Gasteiger partial charge in [0.25, 0.3) is 5.09 Å². The predicted octanol–water partition coefficient (Wildman–Crippen LogP) is 2.34. The van der Waals surface area contributed by atoms with Gasteiger partial charge in [0, 0.05) is 6.42 Å². The van der Waals surface area contributed by atoms with Crippen molar-refractivity contribution in [2.45, 2.75) is 46.0 Å². The fraction of sp³-hybridized carbons (Fsp3) is 0.909. The van der Waals surface area contributed by atoms with Gasteiger partial charge in [0.1, 0.15) is 0 Å². The lowest BCUT2D eigenvalue weighted by Crippen LogP contribution is -2.07. The van der Waals surface area contributed by atoms with E-state index in [1.165, 1.54) is 0 Å². The standard InChI is InChI=1S/C11H21NO5/c1-10(2)6-5-8-16-11(13)7-3-4-9-17-12(14)15/h10H,3-9H2,1-2H3. The molecule has 0 amide bonds. The largest absolute Gasteiger partial charge is 0.466 e. The van der Waals surface area contributed by atoms with E-state index in [2.05, 4.69) is 18.7 Å². The Labute approximate surface area is 101 Å². The molecule has 17 heavy (non-hydrogen) atoms. The third kappa shape index (κ3) is 12.6. The normalized spacial score (nSPS) is 10.3. The molecule has 0 unspecified atom stereocenters. The van der Waals surface area contributed by atoms with Crippen molar-refractivity contribution < 1.29 is 19.5 Å². The van der Waals surface area contributed by atoms with Gasteiger partial charge in [0.15, 0.2) is 0 Å². The Hall–Kier alpha value is -1.33. The van der Waals surface area contributed by atoms with Crippen molar-refractivity contribution in [3.05, 3.63) is 10.1 Å². The molecule has 0 saturated carbocycles. The number of rotatable bonds is 10. The fourth-order valence-corrected chi connectivity index (χ4v) is 1.26. The number of hydrogen-bond acceptors (Lipinski definition) is 5. The van der Waals surface area contributed by atoms with Crippen molar-refractivity contribution in [1.82, 2.24) is 0 Å². The summed E-state index contributed by atoms with van der Waals surface area (Å²) >= 11 is 0. The number of esters is 1. The number of nitrogens with zero attached hydrogens (tertiary/aromatic N) is 1. The Kier molecular flexibility index (Phi) is 9.09. The van der Waals surface area contributed by atoms with Crippen molar-refractivity contribution in [2.75, 3.05) is 13.2 Å². The van der Waals surface area contributed by atoms with E-state index < -0.39 is 5.09 Å². The van der Waals surface area contributed by atoms with Crippen molar-refractivity contribution >= 4 is 5.97 Å². The minimum Gasteiger partial charge on any atom is -0.466 e. The highest BCUT2D eigenvalue weighted by atomic mass is 16.9. The van der Waals surface area contributed by atoms with Gasteiger partial charge in [-0.05, 0) is 31.6 Å². The molecule has 0 bridgehead atoms. The van der Waals surface area contributed by atoms with E-state index in [0.29, 0.717) is 31.8 Å². The summed E-state index contributed by atoms with van der Waals surface area (Å²) in [5.74, 6) is 0.378. The molecule has 6 nitrogen and oxygen atoms in total. The van der Waals surface area contributed by atoms with Crippen LogP contribution in [0.15, 0.2) is 0 Å². The SMILES string of the molecule is CC(C)CCCOC(=O)CCCCO[N+](=O)[O-]. The number of hydrogen-bond donors (Lipinski definition) is 0. The lowest BCUT2D eigenvalue weighted by Gasteiger charge is -2.06. The molecular weight excluding hydrogens is 226 g/mol. The zero-order valence-corrected chi connectivity index (χ0v) is 10.5. The van der Waals surface area contributed by atoms with Gasteiger partial charge in [0.05, 0.1) is 13.2 Å². The summed E-state index contributed by atoms with van der Waals surface area (Å²) in [4.78, 5) is 25.1. The van der Waals surface area contributed by atoms with E-state index in [1.807, 2.05) is 0 Å². The fourth-order valence-electron chi connectivity index (χ4n) is 1.26. The van der Waals surface area contributed by atoms with Gasteiger partial charge >= 0.3 is 5.97 Å². The minimum atomic E-state index is -0.829. The summed E-state index contributed by atoms with van der Waals surface area (Å²) in [6.07, 6.45) is 3.26. The van der Waals surface area contributed by atoms with Crippen molar-refractivity contribution in [1.29, 1.82) is 0 Å². The van der Waals surface area contributed by atoms with Gasteiger partial charge in [-0.3, -0.25) is 4.79 Å². The van der Waals surface area contributed by atoms with Crippen LogP contribution in [0.25, 0.3) is 0 Å². The van der Waals surface area contributed by atoms with E-state index in [-0.39, 0.29) is 12.6 Å². The Bertz CT molecular complexity index is 230. The van der Waals surface area contributed by atoms with Crippen LogP contribution < -0.4 is 0 Å². The van der Waals surface area contributed by atoms with Gasteiger partial charge in [-0.15, -0.1) is 10.1 Å². The van der Waals surface area contributed by atoms with E-state index >= 15 is 0 Å². The average molecular weight is 247 g/mol. The molecule has 0 saturated heterocycles. The Morgan fingerprint density at radius 2 is 1.94 bits per heavy atom. The second kappa shape index (κ2) is 9.86. The number of carbonyl (C=O) groups is 1. The first kappa shape index (κ1) is 15.7. The Morgan fingerprint density at radius 3 is 2.53 bits per heavy atom. The Morgan fingerprint density at radius 1 is 1.24 bits per heavy atom. The molecule has 0 radical (unpaired) electrons. The van der Waals surface area contributed by atoms with E-state index in [1.54, 1.807) is 0 Å². The van der Waals surface area contributed by atoms with Crippen LogP contribution in [0.3, 0.4) is 0 Å². The Balaban J connectivity index is 3.26. The van der Waals surface area contributed by atoms with Crippen molar-refractivity contribution in [3.63, 3.8) is 0 Å². The number of ether oxygens (including phenoxy) is 1. The number of unbranched alkanes of at least 4 members (excludes halogenated alkanes) is 1. The topological polar surface area (TPSA) is 78.7 Å². The van der Waals surface area contributed by atoms with Gasteiger partial charge in [-0.1, -0.05) is 13.8 Å². The monoisotopic (exact) mass is 247 g/mol. The minimum absolute atomic E-state index is 0.0353. The van der Waals surface area contributed by atoms with E-state index in [9.17, 15) is 14.9 Å². The number of carbonyl (C=O) groups excluding carboxylic acids is 1. The summed E-state index contributed by atoms with van der Waals surface area (Å²) in [6, 6.07) is 0. The molecule has 0 spiro atoms. The average Bonchev–Trinajstić information content (AvgIpc) is 2.23. The molecule has 0 fully saturated rings. The van der Waals surface area contributed by atoms with Crippen LogP contribution in [0.1, 0.15) is 46.0 Å². The molecule has 100 valence electrons. The van der Waals surface area contributed by atoms with Crippen LogP contribution in [-0.2, 0) is 14.4 Å².